The van der Waals surface area contributed by atoms with Crippen molar-refractivity contribution in [3.05, 3.63) is 59.7 Å². The van der Waals surface area contributed by atoms with Crippen LogP contribution in [-0.4, -0.2) is 53.7 Å². The summed E-state index contributed by atoms with van der Waals surface area (Å²) >= 11 is 0. The van der Waals surface area contributed by atoms with E-state index in [9.17, 15) is 14.4 Å². The number of amides is 2. The predicted octanol–water partition coefficient (Wildman–Crippen LogP) is 4.41. The Morgan fingerprint density at radius 2 is 1.58 bits per heavy atom. The zero-order chi connectivity index (χ0) is 23.8. The molecule has 2 amide bonds. The number of aliphatic carboxylic acids is 1. The molecule has 0 aromatic heterocycles. The smallest absolute Gasteiger partial charge is 0.407 e. The molecule has 176 valence electrons. The number of carboxylic acid groups (broad SMARTS) is 1. The molecular weight excluding hydrogens is 420 g/mol. The molecule has 0 bridgehead atoms. The number of unbranched alkanes of at least 4 members (excludes halogenated alkanes) is 1. The number of benzene rings is 2. The first-order chi connectivity index (χ1) is 15.9. The Bertz CT molecular complexity index is 943. The van der Waals surface area contributed by atoms with E-state index >= 15 is 0 Å². The van der Waals surface area contributed by atoms with Gasteiger partial charge in [0.1, 0.15) is 6.61 Å². The van der Waals surface area contributed by atoms with Crippen molar-refractivity contribution >= 4 is 18.0 Å². The number of carbonyl (C=O) groups is 3. The highest BCUT2D eigenvalue weighted by atomic mass is 16.5. The fraction of sp³-hybridized carbons (Fsp3) is 0.423. The van der Waals surface area contributed by atoms with E-state index in [-0.39, 0.29) is 37.4 Å². The van der Waals surface area contributed by atoms with Gasteiger partial charge in [0.15, 0.2) is 0 Å². The van der Waals surface area contributed by atoms with Crippen molar-refractivity contribution in [1.29, 1.82) is 0 Å². The van der Waals surface area contributed by atoms with Crippen LogP contribution in [0.15, 0.2) is 48.5 Å². The number of alkyl carbamates (subject to hydrolysis) is 1. The number of ether oxygens (including phenoxy) is 1. The average molecular weight is 453 g/mol. The molecule has 33 heavy (non-hydrogen) atoms. The molecule has 2 N–H and O–H groups in total. The van der Waals surface area contributed by atoms with Gasteiger partial charge in [0.25, 0.3) is 0 Å². The molecule has 0 spiro atoms. The Kier molecular flexibility index (Phi) is 8.46. The summed E-state index contributed by atoms with van der Waals surface area (Å²) in [6.07, 6.45) is 1.05. The summed E-state index contributed by atoms with van der Waals surface area (Å²) in [6, 6.07) is 16.3. The van der Waals surface area contributed by atoms with Crippen LogP contribution in [0.1, 0.15) is 56.6 Å². The molecule has 1 aliphatic rings. The van der Waals surface area contributed by atoms with Crippen LogP contribution < -0.4 is 5.32 Å². The summed E-state index contributed by atoms with van der Waals surface area (Å²) in [4.78, 5) is 36.9. The van der Waals surface area contributed by atoms with Gasteiger partial charge in [0.2, 0.25) is 5.91 Å². The first kappa shape index (κ1) is 24.3. The molecule has 0 saturated carbocycles. The molecule has 3 rings (SSSR count). The number of nitrogens with one attached hydrogen (secondary N) is 1. The summed E-state index contributed by atoms with van der Waals surface area (Å²) in [7, 11) is 0. The molecule has 0 heterocycles. The fourth-order valence-electron chi connectivity index (χ4n) is 4.27. The van der Waals surface area contributed by atoms with E-state index in [1.54, 1.807) is 4.90 Å². The maximum absolute atomic E-state index is 12.4. The second-order valence-electron chi connectivity index (χ2n) is 8.53. The largest absolute Gasteiger partial charge is 0.481 e. The third-order valence-corrected chi connectivity index (χ3v) is 5.94. The number of carboxylic acids is 1. The minimum absolute atomic E-state index is 0.0218. The van der Waals surface area contributed by atoms with Gasteiger partial charge >= 0.3 is 12.1 Å². The van der Waals surface area contributed by atoms with Crippen molar-refractivity contribution < 1.29 is 24.2 Å². The number of nitrogens with zero attached hydrogens (tertiary/aromatic N) is 1. The van der Waals surface area contributed by atoms with Crippen LogP contribution in [0.2, 0.25) is 0 Å². The van der Waals surface area contributed by atoms with Crippen molar-refractivity contribution in [2.24, 2.45) is 0 Å². The molecule has 2 aromatic rings. The lowest BCUT2D eigenvalue weighted by atomic mass is 9.98. The lowest BCUT2D eigenvalue weighted by molar-refractivity contribution is -0.139. The maximum atomic E-state index is 12.4. The maximum Gasteiger partial charge on any atom is 0.407 e. The molecule has 0 unspecified atom stereocenters. The lowest BCUT2D eigenvalue weighted by Gasteiger charge is -2.26. The Morgan fingerprint density at radius 1 is 0.970 bits per heavy atom. The van der Waals surface area contributed by atoms with Gasteiger partial charge in [-0.15, -0.1) is 0 Å². The van der Waals surface area contributed by atoms with Crippen LogP contribution in [-0.2, 0) is 14.3 Å². The topological polar surface area (TPSA) is 95.9 Å². The number of rotatable bonds is 11. The molecule has 0 atom stereocenters. The fourth-order valence-corrected chi connectivity index (χ4v) is 4.27. The first-order valence-electron chi connectivity index (χ1n) is 11.5. The minimum Gasteiger partial charge on any atom is -0.481 e. The number of hydrogen-bond donors (Lipinski definition) is 2. The quantitative estimate of drug-likeness (QED) is 0.493. The van der Waals surface area contributed by atoms with E-state index in [4.69, 9.17) is 9.84 Å². The second-order valence-corrected chi connectivity index (χ2v) is 8.53. The van der Waals surface area contributed by atoms with Crippen LogP contribution in [0.3, 0.4) is 0 Å². The lowest BCUT2D eigenvalue weighted by Crippen LogP contribution is -2.38. The van der Waals surface area contributed by atoms with E-state index < -0.39 is 12.1 Å². The molecule has 2 aromatic carbocycles. The number of hydrogen-bond acceptors (Lipinski definition) is 4. The molecule has 1 aliphatic carbocycles. The molecule has 7 nitrogen and oxygen atoms in total. The van der Waals surface area contributed by atoms with E-state index in [1.165, 1.54) is 22.3 Å². The molecule has 0 saturated heterocycles. The predicted molar refractivity (Wildman–Crippen MR) is 126 cm³/mol. The van der Waals surface area contributed by atoms with Gasteiger partial charge in [-0.25, -0.2) is 4.79 Å². The van der Waals surface area contributed by atoms with Gasteiger partial charge in [-0.1, -0.05) is 48.5 Å². The van der Waals surface area contributed by atoms with Gasteiger partial charge in [-0.2, -0.15) is 0 Å². The third-order valence-electron chi connectivity index (χ3n) is 5.94. The molecule has 0 fully saturated rings. The highest BCUT2D eigenvalue weighted by Crippen LogP contribution is 2.44. The summed E-state index contributed by atoms with van der Waals surface area (Å²) in [5.41, 5.74) is 4.71. The van der Waals surface area contributed by atoms with Crippen molar-refractivity contribution in [2.45, 2.75) is 51.5 Å². The third kappa shape index (κ3) is 6.34. The van der Waals surface area contributed by atoms with Crippen LogP contribution in [0.4, 0.5) is 4.79 Å². The van der Waals surface area contributed by atoms with Gasteiger partial charge in [0, 0.05) is 31.5 Å². The van der Waals surface area contributed by atoms with E-state index in [2.05, 4.69) is 29.6 Å². The summed E-state index contributed by atoms with van der Waals surface area (Å²) < 4.78 is 5.51. The van der Waals surface area contributed by atoms with Gasteiger partial charge in [0.05, 0.1) is 6.42 Å². The normalized spacial score (nSPS) is 12.2. The highest BCUT2D eigenvalue weighted by molar-refractivity contribution is 5.79. The Balaban J connectivity index is 1.39. The second kappa shape index (κ2) is 11.5. The zero-order valence-electron chi connectivity index (χ0n) is 19.3. The average Bonchev–Trinajstić information content (AvgIpc) is 3.11. The zero-order valence-corrected chi connectivity index (χ0v) is 19.3. The summed E-state index contributed by atoms with van der Waals surface area (Å²) in [5.74, 6) is -0.957. The van der Waals surface area contributed by atoms with E-state index in [1.807, 2.05) is 38.1 Å². The van der Waals surface area contributed by atoms with Crippen LogP contribution in [0.25, 0.3) is 11.1 Å². The van der Waals surface area contributed by atoms with Gasteiger partial charge < -0.3 is 20.1 Å². The monoisotopic (exact) mass is 452 g/mol. The van der Waals surface area contributed by atoms with E-state index in [0.29, 0.717) is 25.8 Å². The number of fused-ring (bicyclic) bond motifs is 3. The Morgan fingerprint density at radius 3 is 2.15 bits per heavy atom. The van der Waals surface area contributed by atoms with Crippen molar-refractivity contribution in [2.75, 3.05) is 19.7 Å². The summed E-state index contributed by atoms with van der Waals surface area (Å²) in [6.45, 7) is 4.65. The Hall–Kier alpha value is -3.35. The number of carbonyl (C=O) groups excluding carboxylic acids is 2. The van der Waals surface area contributed by atoms with Gasteiger partial charge in [-0.05, 0) is 48.9 Å². The van der Waals surface area contributed by atoms with Gasteiger partial charge in [-0.3, -0.25) is 9.59 Å². The molecule has 0 radical (unpaired) electrons. The van der Waals surface area contributed by atoms with Crippen molar-refractivity contribution in [3.8, 4) is 11.1 Å². The molecule has 0 aliphatic heterocycles. The molecule has 7 heteroatoms. The minimum atomic E-state index is -0.916. The SMILES string of the molecule is CC(C)N(CCC(=O)O)C(=O)CCCCNC(=O)OCC1c2ccccc2-c2ccccc21. The van der Waals surface area contributed by atoms with Crippen LogP contribution in [0.5, 0.6) is 0 Å². The Labute approximate surface area is 194 Å². The van der Waals surface area contributed by atoms with Crippen LogP contribution in [0, 0.1) is 0 Å². The highest BCUT2D eigenvalue weighted by Gasteiger charge is 2.29. The van der Waals surface area contributed by atoms with Crippen molar-refractivity contribution in [3.63, 3.8) is 0 Å². The first-order valence-corrected chi connectivity index (χ1v) is 11.5. The molecular formula is C26H32N2O5. The van der Waals surface area contributed by atoms with Crippen molar-refractivity contribution in [1.82, 2.24) is 10.2 Å². The summed E-state index contributed by atoms with van der Waals surface area (Å²) in [5, 5.41) is 11.6. The van der Waals surface area contributed by atoms with E-state index in [0.717, 1.165) is 0 Å². The standard InChI is InChI=1S/C26H32N2O5/c1-18(2)28(16-14-25(30)31)24(29)13-7-8-15-27-26(32)33-17-23-21-11-5-3-9-19(21)20-10-4-6-12-22(20)23/h3-6,9-12,18,23H,7-8,13-17H2,1-2H3,(H,27,32)(H,30,31). The van der Waals surface area contributed by atoms with Crippen LogP contribution >= 0.6 is 0 Å².